The van der Waals surface area contributed by atoms with Gasteiger partial charge in [0.1, 0.15) is 0 Å². The SMILES string of the molecule is Cc1cc(N)c(I)cn1. The molecule has 0 spiro atoms. The van der Waals surface area contributed by atoms with Crippen LogP contribution < -0.4 is 5.73 Å². The van der Waals surface area contributed by atoms with Crippen molar-refractivity contribution in [3.05, 3.63) is 21.5 Å². The molecule has 0 aliphatic heterocycles. The van der Waals surface area contributed by atoms with E-state index in [0.717, 1.165) is 15.0 Å². The lowest BCUT2D eigenvalue weighted by Crippen LogP contribution is -1.91. The average Bonchev–Trinajstić information content (AvgIpc) is 1.80. The van der Waals surface area contributed by atoms with E-state index in [1.165, 1.54) is 0 Å². The van der Waals surface area contributed by atoms with Crippen LogP contribution in [0.5, 0.6) is 0 Å². The lowest BCUT2D eigenvalue weighted by Gasteiger charge is -1.96. The van der Waals surface area contributed by atoms with Crippen LogP contribution in [-0.4, -0.2) is 4.98 Å². The molecule has 2 N–H and O–H groups in total. The van der Waals surface area contributed by atoms with Gasteiger partial charge in [0.05, 0.1) is 3.57 Å². The topological polar surface area (TPSA) is 38.9 Å². The van der Waals surface area contributed by atoms with Crippen LogP contribution in [0.25, 0.3) is 0 Å². The first kappa shape index (κ1) is 6.80. The fourth-order valence-electron chi connectivity index (χ4n) is 0.564. The fourth-order valence-corrected chi connectivity index (χ4v) is 0.859. The lowest BCUT2D eigenvalue weighted by atomic mass is 10.3. The number of rotatable bonds is 0. The summed E-state index contributed by atoms with van der Waals surface area (Å²) in [6.45, 7) is 1.92. The molecule has 3 heteroatoms. The van der Waals surface area contributed by atoms with Crippen LogP contribution in [0.4, 0.5) is 5.69 Å². The van der Waals surface area contributed by atoms with Gasteiger partial charge in [0.15, 0.2) is 0 Å². The van der Waals surface area contributed by atoms with Crippen LogP contribution in [0.3, 0.4) is 0 Å². The van der Waals surface area contributed by atoms with Gasteiger partial charge in [-0.05, 0) is 35.6 Å². The number of pyridine rings is 1. The van der Waals surface area contributed by atoms with Gasteiger partial charge >= 0.3 is 0 Å². The van der Waals surface area contributed by atoms with Crippen molar-refractivity contribution >= 4 is 28.3 Å². The predicted molar refractivity (Wildman–Crippen MR) is 46.1 cm³/mol. The second-order valence-electron chi connectivity index (χ2n) is 1.85. The third kappa shape index (κ3) is 1.54. The number of hydrogen-bond acceptors (Lipinski definition) is 2. The summed E-state index contributed by atoms with van der Waals surface area (Å²) in [5.74, 6) is 0. The van der Waals surface area contributed by atoms with Crippen molar-refractivity contribution in [2.45, 2.75) is 6.92 Å². The Bertz CT molecular complexity index is 222. The van der Waals surface area contributed by atoms with Crippen LogP contribution >= 0.6 is 22.6 Å². The highest BCUT2D eigenvalue weighted by atomic mass is 127. The van der Waals surface area contributed by atoms with Gasteiger partial charge in [-0.3, -0.25) is 4.98 Å². The smallest absolute Gasteiger partial charge is 0.0543 e. The molecule has 48 valence electrons. The summed E-state index contributed by atoms with van der Waals surface area (Å²) >= 11 is 2.15. The molecular formula is C6H7IN2. The molecule has 0 aromatic carbocycles. The minimum atomic E-state index is 0.808. The lowest BCUT2D eigenvalue weighted by molar-refractivity contribution is 1.19. The van der Waals surface area contributed by atoms with E-state index in [0.29, 0.717) is 0 Å². The fraction of sp³-hybridized carbons (Fsp3) is 0.167. The maximum atomic E-state index is 5.57. The second-order valence-corrected chi connectivity index (χ2v) is 3.01. The zero-order valence-electron chi connectivity index (χ0n) is 5.06. The van der Waals surface area contributed by atoms with E-state index in [1.807, 2.05) is 13.0 Å². The van der Waals surface area contributed by atoms with Gasteiger partial charge in [-0.1, -0.05) is 0 Å². The first-order valence-electron chi connectivity index (χ1n) is 2.58. The highest BCUT2D eigenvalue weighted by Gasteiger charge is 1.92. The molecule has 1 rings (SSSR count). The predicted octanol–water partition coefficient (Wildman–Crippen LogP) is 1.58. The Hall–Kier alpha value is -0.320. The Morgan fingerprint density at radius 3 is 2.78 bits per heavy atom. The largest absolute Gasteiger partial charge is 0.398 e. The van der Waals surface area contributed by atoms with Gasteiger partial charge in [-0.2, -0.15) is 0 Å². The van der Waals surface area contributed by atoms with Gasteiger partial charge in [-0.25, -0.2) is 0 Å². The quantitative estimate of drug-likeness (QED) is 0.692. The molecule has 0 bridgehead atoms. The number of halogens is 1. The molecule has 1 heterocycles. The number of aromatic nitrogens is 1. The van der Waals surface area contributed by atoms with Gasteiger partial charge in [0, 0.05) is 17.6 Å². The Kier molecular flexibility index (Phi) is 1.90. The molecule has 0 fully saturated rings. The summed E-state index contributed by atoms with van der Waals surface area (Å²) in [7, 11) is 0. The number of hydrogen-bond donors (Lipinski definition) is 1. The van der Waals surface area contributed by atoms with E-state index in [4.69, 9.17) is 5.73 Å². The summed E-state index contributed by atoms with van der Waals surface area (Å²) in [5.41, 5.74) is 7.35. The minimum absolute atomic E-state index is 0.808. The first-order chi connectivity index (χ1) is 4.20. The summed E-state index contributed by atoms with van der Waals surface area (Å²) in [6, 6.07) is 1.86. The second kappa shape index (κ2) is 2.51. The minimum Gasteiger partial charge on any atom is -0.398 e. The van der Waals surface area contributed by atoms with Crippen molar-refractivity contribution in [3.8, 4) is 0 Å². The molecule has 1 aromatic heterocycles. The van der Waals surface area contributed by atoms with Crippen molar-refractivity contribution in [2.75, 3.05) is 5.73 Å². The van der Waals surface area contributed by atoms with Gasteiger partial charge in [0.2, 0.25) is 0 Å². The molecule has 0 atom stereocenters. The Balaban J connectivity index is 3.17. The molecule has 0 unspecified atom stereocenters. The molecule has 9 heavy (non-hydrogen) atoms. The zero-order valence-corrected chi connectivity index (χ0v) is 7.21. The molecule has 0 saturated heterocycles. The van der Waals surface area contributed by atoms with Gasteiger partial charge < -0.3 is 5.73 Å². The summed E-state index contributed by atoms with van der Waals surface area (Å²) < 4.78 is 1.01. The molecule has 0 amide bonds. The van der Waals surface area contributed by atoms with Crippen LogP contribution in [0.15, 0.2) is 12.3 Å². The summed E-state index contributed by atoms with van der Waals surface area (Å²) in [5, 5.41) is 0. The molecule has 0 radical (unpaired) electrons. The van der Waals surface area contributed by atoms with Crippen molar-refractivity contribution in [1.29, 1.82) is 0 Å². The summed E-state index contributed by atoms with van der Waals surface area (Å²) in [6.07, 6.45) is 1.77. The highest BCUT2D eigenvalue weighted by molar-refractivity contribution is 14.1. The number of aryl methyl sites for hydroxylation is 1. The Morgan fingerprint density at radius 1 is 1.67 bits per heavy atom. The average molecular weight is 234 g/mol. The number of nitrogen functional groups attached to an aromatic ring is 1. The molecule has 1 aromatic rings. The molecular weight excluding hydrogens is 227 g/mol. The van der Waals surface area contributed by atoms with E-state index in [2.05, 4.69) is 27.6 Å². The maximum absolute atomic E-state index is 5.57. The maximum Gasteiger partial charge on any atom is 0.0543 e. The third-order valence-corrected chi connectivity index (χ3v) is 1.92. The van der Waals surface area contributed by atoms with Crippen molar-refractivity contribution < 1.29 is 0 Å². The van der Waals surface area contributed by atoms with Crippen LogP contribution in [-0.2, 0) is 0 Å². The van der Waals surface area contributed by atoms with Crippen molar-refractivity contribution in [1.82, 2.24) is 4.98 Å². The van der Waals surface area contributed by atoms with Gasteiger partial charge in [0.25, 0.3) is 0 Å². The highest BCUT2D eigenvalue weighted by Crippen LogP contribution is 2.12. The van der Waals surface area contributed by atoms with E-state index < -0.39 is 0 Å². The van der Waals surface area contributed by atoms with Crippen molar-refractivity contribution in [2.24, 2.45) is 0 Å². The molecule has 0 saturated carbocycles. The van der Waals surface area contributed by atoms with Crippen molar-refractivity contribution in [3.63, 3.8) is 0 Å². The third-order valence-electron chi connectivity index (χ3n) is 1.02. The van der Waals surface area contributed by atoms with Gasteiger partial charge in [-0.15, -0.1) is 0 Å². The molecule has 2 nitrogen and oxygen atoms in total. The number of nitrogens with zero attached hydrogens (tertiary/aromatic N) is 1. The van der Waals surface area contributed by atoms with E-state index in [1.54, 1.807) is 6.20 Å². The summed E-state index contributed by atoms with van der Waals surface area (Å²) in [4.78, 5) is 4.05. The van der Waals surface area contributed by atoms with Crippen LogP contribution in [0, 0.1) is 10.5 Å². The van der Waals surface area contributed by atoms with E-state index in [-0.39, 0.29) is 0 Å². The molecule has 0 aliphatic carbocycles. The monoisotopic (exact) mass is 234 g/mol. The van der Waals surface area contributed by atoms with Crippen LogP contribution in [0.2, 0.25) is 0 Å². The first-order valence-corrected chi connectivity index (χ1v) is 3.65. The van der Waals surface area contributed by atoms with E-state index >= 15 is 0 Å². The zero-order chi connectivity index (χ0) is 6.85. The molecule has 0 aliphatic rings. The normalized spacial score (nSPS) is 9.56. The van der Waals surface area contributed by atoms with Crippen LogP contribution in [0.1, 0.15) is 5.69 Å². The number of nitrogens with two attached hydrogens (primary N) is 1. The number of anilines is 1. The van der Waals surface area contributed by atoms with E-state index in [9.17, 15) is 0 Å². The Labute approximate surface area is 67.6 Å². The Morgan fingerprint density at radius 2 is 2.33 bits per heavy atom. The standard InChI is InChI=1S/C6H7IN2/c1-4-2-6(8)5(7)3-9-4/h2-3H,1H3,(H2,8,9).